The predicted octanol–water partition coefficient (Wildman–Crippen LogP) is 1.95. The Labute approximate surface area is 107 Å². The molecule has 0 radical (unpaired) electrons. The van der Waals surface area contributed by atoms with Crippen LogP contribution in [0.25, 0.3) is 0 Å². The molecule has 0 aliphatic rings. The van der Waals surface area contributed by atoms with Crippen molar-refractivity contribution in [3.8, 4) is 0 Å². The minimum absolute atomic E-state index is 0.0127. The molecular weight excluding hydrogens is 295 g/mol. The predicted molar refractivity (Wildman–Crippen MR) is 67.8 cm³/mol. The van der Waals surface area contributed by atoms with Crippen molar-refractivity contribution in [1.29, 1.82) is 0 Å². The highest BCUT2D eigenvalue weighted by Gasteiger charge is 2.19. The second-order valence-corrected chi connectivity index (χ2v) is 4.60. The number of benzene rings is 1. The Bertz CT molecular complexity index is 419. The molecule has 0 aliphatic carbocycles. The third kappa shape index (κ3) is 2.99. The van der Waals surface area contributed by atoms with E-state index in [1.807, 2.05) is 0 Å². The molecule has 0 bridgehead atoms. The summed E-state index contributed by atoms with van der Waals surface area (Å²) in [6, 6.07) is 4.35. The maximum Gasteiger partial charge on any atom is 0.258 e. The van der Waals surface area contributed by atoms with E-state index in [2.05, 4.69) is 28.1 Å². The minimum atomic E-state index is -0.575. The topological polar surface area (TPSA) is 46.3 Å². The van der Waals surface area contributed by atoms with Crippen LogP contribution >= 0.6 is 28.1 Å². The average Bonchev–Trinajstić information content (AvgIpc) is 2.16. The SMILES string of the molecule is CN(CC(N)=S)C(=O)c1c(F)cccc1Br. The van der Waals surface area contributed by atoms with E-state index in [0.717, 1.165) is 0 Å². The summed E-state index contributed by atoms with van der Waals surface area (Å²) < 4.78 is 13.9. The summed E-state index contributed by atoms with van der Waals surface area (Å²) in [6.45, 7) is 0.120. The summed E-state index contributed by atoms with van der Waals surface area (Å²) in [4.78, 5) is 13.3. The molecule has 0 aliphatic heterocycles. The number of thiocarbonyl (C=S) groups is 1. The number of nitrogens with zero attached hydrogens (tertiary/aromatic N) is 1. The van der Waals surface area contributed by atoms with Crippen LogP contribution in [0.1, 0.15) is 10.4 Å². The van der Waals surface area contributed by atoms with Gasteiger partial charge in [0.05, 0.1) is 17.1 Å². The van der Waals surface area contributed by atoms with E-state index in [4.69, 9.17) is 5.73 Å². The Morgan fingerprint density at radius 2 is 2.25 bits per heavy atom. The summed E-state index contributed by atoms with van der Waals surface area (Å²) in [5, 5.41) is 0. The number of halogens is 2. The third-order valence-corrected chi connectivity index (χ3v) is 2.71. The number of likely N-dealkylation sites (N-methyl/N-ethyl adjacent to an activating group) is 1. The van der Waals surface area contributed by atoms with Crippen LogP contribution in [0.2, 0.25) is 0 Å². The molecule has 86 valence electrons. The van der Waals surface area contributed by atoms with E-state index < -0.39 is 11.7 Å². The van der Waals surface area contributed by atoms with Gasteiger partial charge in [0.1, 0.15) is 5.82 Å². The fourth-order valence-electron chi connectivity index (χ4n) is 1.20. The highest BCUT2D eigenvalue weighted by Crippen LogP contribution is 2.20. The number of carbonyl (C=O) groups excluding carboxylic acids is 1. The monoisotopic (exact) mass is 304 g/mol. The maximum atomic E-state index is 13.5. The molecule has 0 unspecified atom stereocenters. The number of hydrogen-bond acceptors (Lipinski definition) is 2. The molecule has 1 rings (SSSR count). The first kappa shape index (κ1) is 13.1. The largest absolute Gasteiger partial charge is 0.392 e. The van der Waals surface area contributed by atoms with Gasteiger partial charge in [0.15, 0.2) is 0 Å². The van der Waals surface area contributed by atoms with Crippen molar-refractivity contribution in [2.24, 2.45) is 5.73 Å². The van der Waals surface area contributed by atoms with E-state index in [0.29, 0.717) is 4.47 Å². The second kappa shape index (κ2) is 5.36. The van der Waals surface area contributed by atoms with E-state index >= 15 is 0 Å². The highest BCUT2D eigenvalue weighted by molar-refractivity contribution is 9.10. The third-order valence-electron chi connectivity index (χ3n) is 1.92. The lowest BCUT2D eigenvalue weighted by molar-refractivity contribution is 0.0809. The minimum Gasteiger partial charge on any atom is -0.392 e. The lowest BCUT2D eigenvalue weighted by atomic mass is 10.2. The molecule has 1 amide bonds. The van der Waals surface area contributed by atoms with Gasteiger partial charge in [-0.3, -0.25) is 4.79 Å². The molecule has 6 heteroatoms. The van der Waals surface area contributed by atoms with Crippen LogP contribution in [0.4, 0.5) is 4.39 Å². The Morgan fingerprint density at radius 3 is 2.75 bits per heavy atom. The summed E-state index contributed by atoms with van der Waals surface area (Å²) in [5.41, 5.74) is 5.30. The Hall–Kier alpha value is -1.01. The molecule has 0 spiro atoms. The van der Waals surface area contributed by atoms with E-state index in [1.165, 1.54) is 24.1 Å². The van der Waals surface area contributed by atoms with Crippen molar-refractivity contribution in [3.05, 3.63) is 34.1 Å². The number of hydrogen-bond donors (Lipinski definition) is 1. The van der Waals surface area contributed by atoms with Gasteiger partial charge in [0.2, 0.25) is 0 Å². The van der Waals surface area contributed by atoms with Crippen LogP contribution < -0.4 is 5.73 Å². The number of amides is 1. The van der Waals surface area contributed by atoms with Gasteiger partial charge in [-0.25, -0.2) is 4.39 Å². The molecule has 0 saturated heterocycles. The zero-order chi connectivity index (χ0) is 12.3. The van der Waals surface area contributed by atoms with Crippen molar-refractivity contribution in [3.63, 3.8) is 0 Å². The van der Waals surface area contributed by atoms with Crippen molar-refractivity contribution in [2.45, 2.75) is 0 Å². The van der Waals surface area contributed by atoms with Gasteiger partial charge in [-0.1, -0.05) is 18.3 Å². The Morgan fingerprint density at radius 1 is 1.62 bits per heavy atom. The fourth-order valence-corrected chi connectivity index (χ4v) is 1.90. The summed E-state index contributed by atoms with van der Waals surface area (Å²) in [5.74, 6) is -1.04. The maximum absolute atomic E-state index is 13.5. The van der Waals surface area contributed by atoms with Gasteiger partial charge in [0, 0.05) is 11.5 Å². The smallest absolute Gasteiger partial charge is 0.258 e. The zero-order valence-electron chi connectivity index (χ0n) is 8.54. The first-order valence-electron chi connectivity index (χ1n) is 4.41. The quantitative estimate of drug-likeness (QED) is 0.868. The molecule has 2 N–H and O–H groups in total. The first-order chi connectivity index (χ1) is 7.43. The normalized spacial score (nSPS) is 9.94. The van der Waals surface area contributed by atoms with Crippen molar-refractivity contribution < 1.29 is 9.18 Å². The van der Waals surface area contributed by atoms with Crippen LogP contribution in [0.3, 0.4) is 0 Å². The van der Waals surface area contributed by atoms with Gasteiger partial charge in [-0.2, -0.15) is 0 Å². The second-order valence-electron chi connectivity index (χ2n) is 3.22. The van der Waals surface area contributed by atoms with Gasteiger partial charge in [-0.15, -0.1) is 0 Å². The first-order valence-corrected chi connectivity index (χ1v) is 5.61. The zero-order valence-corrected chi connectivity index (χ0v) is 10.9. The van der Waals surface area contributed by atoms with Gasteiger partial charge >= 0.3 is 0 Å². The molecule has 0 aromatic heterocycles. The van der Waals surface area contributed by atoms with Crippen molar-refractivity contribution in [1.82, 2.24) is 4.90 Å². The highest BCUT2D eigenvalue weighted by atomic mass is 79.9. The molecule has 0 heterocycles. The van der Waals surface area contributed by atoms with Crippen molar-refractivity contribution >= 4 is 39.0 Å². The molecule has 16 heavy (non-hydrogen) atoms. The van der Waals surface area contributed by atoms with Crippen molar-refractivity contribution in [2.75, 3.05) is 13.6 Å². The van der Waals surface area contributed by atoms with Crippen LogP contribution in [-0.4, -0.2) is 29.4 Å². The fraction of sp³-hybridized carbons (Fsp3) is 0.200. The molecule has 0 atom stereocenters. The van der Waals surface area contributed by atoms with E-state index in [1.54, 1.807) is 6.07 Å². The van der Waals surface area contributed by atoms with Crippen LogP contribution in [0.15, 0.2) is 22.7 Å². The molecule has 1 aromatic rings. The molecular formula is C10H10BrFN2OS. The molecule has 3 nitrogen and oxygen atoms in total. The standard InChI is InChI=1S/C10H10BrFN2OS/c1-14(5-8(13)16)10(15)9-6(11)3-2-4-7(9)12/h2-4H,5H2,1H3,(H2,13,16). The van der Waals surface area contributed by atoms with Crippen LogP contribution in [0.5, 0.6) is 0 Å². The van der Waals surface area contributed by atoms with Crippen LogP contribution in [0, 0.1) is 5.82 Å². The van der Waals surface area contributed by atoms with Gasteiger partial charge < -0.3 is 10.6 Å². The number of nitrogens with two attached hydrogens (primary N) is 1. The van der Waals surface area contributed by atoms with Gasteiger partial charge in [-0.05, 0) is 28.1 Å². The summed E-state index contributed by atoms with van der Waals surface area (Å²) >= 11 is 7.82. The number of rotatable bonds is 3. The lowest BCUT2D eigenvalue weighted by Crippen LogP contribution is -2.35. The number of carbonyl (C=O) groups is 1. The molecule has 1 aromatic carbocycles. The van der Waals surface area contributed by atoms with Crippen LogP contribution in [-0.2, 0) is 0 Å². The van der Waals surface area contributed by atoms with E-state index in [-0.39, 0.29) is 17.1 Å². The Kier molecular flexibility index (Phi) is 4.37. The van der Waals surface area contributed by atoms with E-state index in [9.17, 15) is 9.18 Å². The average molecular weight is 305 g/mol. The lowest BCUT2D eigenvalue weighted by Gasteiger charge is -2.17. The van der Waals surface area contributed by atoms with Gasteiger partial charge in [0.25, 0.3) is 5.91 Å². The Balaban J connectivity index is 3.00. The molecule has 0 saturated carbocycles. The summed E-state index contributed by atoms with van der Waals surface area (Å²) in [7, 11) is 1.51. The molecule has 0 fully saturated rings. The summed E-state index contributed by atoms with van der Waals surface area (Å²) in [6.07, 6.45) is 0.